The summed E-state index contributed by atoms with van der Waals surface area (Å²) < 4.78 is 2.22. The molecule has 1 spiro atoms. The molecule has 172 valence electrons. The minimum Gasteiger partial charge on any atom is -0.508 e. The number of likely N-dealkylation sites (tertiary alicyclic amines) is 1. The molecule has 2 aromatic carbocycles. The number of phenols is 1. The molecule has 2 aliphatic heterocycles. The number of aliphatic imine (C=N–C) groups is 1. The van der Waals surface area contributed by atoms with E-state index in [9.17, 15) is 9.90 Å². The van der Waals surface area contributed by atoms with E-state index in [1.807, 2.05) is 36.1 Å². The third-order valence-corrected chi connectivity index (χ3v) is 6.58. The van der Waals surface area contributed by atoms with Crippen LogP contribution in [-0.2, 0) is 5.54 Å². The zero-order chi connectivity index (χ0) is 23.8. The van der Waals surface area contributed by atoms with Crippen molar-refractivity contribution in [2.24, 2.45) is 4.99 Å². The number of nitrogens with zero attached hydrogens (tertiary/aromatic N) is 3. The van der Waals surface area contributed by atoms with Crippen LogP contribution >= 0.6 is 12.6 Å². The minimum absolute atomic E-state index is 0.0500. The lowest BCUT2D eigenvalue weighted by Gasteiger charge is -2.46. The lowest BCUT2D eigenvalue weighted by Crippen LogP contribution is -2.51. The van der Waals surface area contributed by atoms with E-state index in [4.69, 9.17) is 0 Å². The van der Waals surface area contributed by atoms with E-state index < -0.39 is 0 Å². The van der Waals surface area contributed by atoms with Gasteiger partial charge in [-0.15, -0.1) is 0 Å². The van der Waals surface area contributed by atoms with Gasteiger partial charge in [-0.05, 0) is 87.2 Å². The van der Waals surface area contributed by atoms with Crippen LogP contribution in [0.1, 0.15) is 40.0 Å². The van der Waals surface area contributed by atoms with Gasteiger partial charge in [-0.25, -0.2) is 0 Å². The molecule has 0 aliphatic carbocycles. The highest BCUT2D eigenvalue weighted by Crippen LogP contribution is 2.45. The van der Waals surface area contributed by atoms with E-state index >= 15 is 0 Å². The summed E-state index contributed by atoms with van der Waals surface area (Å²) in [6, 6.07) is 13.2. The van der Waals surface area contributed by atoms with Gasteiger partial charge in [-0.3, -0.25) is 9.79 Å². The van der Waals surface area contributed by atoms with Crippen molar-refractivity contribution >= 4 is 36.6 Å². The average Bonchev–Trinajstić information content (AvgIpc) is 3.23. The Morgan fingerprint density at radius 3 is 2.52 bits per heavy atom. The first-order chi connectivity index (χ1) is 15.9. The highest BCUT2D eigenvalue weighted by atomic mass is 32.1. The zero-order valence-electron chi connectivity index (χ0n) is 19.3. The molecule has 1 amide bonds. The van der Waals surface area contributed by atoms with E-state index in [-0.39, 0.29) is 17.2 Å². The van der Waals surface area contributed by atoms with Crippen molar-refractivity contribution in [1.82, 2.24) is 9.47 Å². The van der Waals surface area contributed by atoms with Gasteiger partial charge in [0.1, 0.15) is 5.75 Å². The first kappa shape index (κ1) is 23.0. The van der Waals surface area contributed by atoms with Gasteiger partial charge in [0.25, 0.3) is 5.91 Å². The second-order valence-corrected chi connectivity index (χ2v) is 8.63. The number of piperidine rings is 1. The van der Waals surface area contributed by atoms with Crippen molar-refractivity contribution in [3.8, 4) is 11.4 Å². The number of amides is 1. The Morgan fingerprint density at radius 1 is 1.12 bits per heavy atom. The number of hydrogen-bond donors (Lipinski definition) is 3. The van der Waals surface area contributed by atoms with Gasteiger partial charge in [0.15, 0.2) is 0 Å². The summed E-state index contributed by atoms with van der Waals surface area (Å²) in [5.74, 6) is 0.295. The Hall–Kier alpha value is -3.19. The summed E-state index contributed by atoms with van der Waals surface area (Å²) in [6.07, 6.45) is 5.43. The fourth-order valence-electron chi connectivity index (χ4n) is 4.94. The predicted molar refractivity (Wildman–Crippen MR) is 138 cm³/mol. The van der Waals surface area contributed by atoms with Crippen LogP contribution in [0.3, 0.4) is 0 Å². The molecule has 1 aromatic heterocycles. The molecule has 1 fully saturated rings. The molecule has 0 atom stereocenters. The number of thiol groups is 1. The molecule has 2 N–H and O–H groups in total. The van der Waals surface area contributed by atoms with Gasteiger partial charge in [0.05, 0.1) is 22.6 Å². The van der Waals surface area contributed by atoms with Crippen molar-refractivity contribution < 1.29 is 9.90 Å². The number of nitrogens with one attached hydrogen (secondary N) is 1. The fourth-order valence-corrected chi connectivity index (χ4v) is 4.94. The molecule has 0 unspecified atom stereocenters. The Balaban J connectivity index is 0.00000126. The molecule has 0 bridgehead atoms. The van der Waals surface area contributed by atoms with Gasteiger partial charge in [-0.2, -0.15) is 12.6 Å². The van der Waals surface area contributed by atoms with E-state index in [1.54, 1.807) is 18.4 Å². The number of carbonyl (C=O) groups is 1. The summed E-state index contributed by atoms with van der Waals surface area (Å²) in [7, 11) is 0. The highest BCUT2D eigenvalue weighted by Gasteiger charge is 2.42. The van der Waals surface area contributed by atoms with Gasteiger partial charge in [0.2, 0.25) is 0 Å². The summed E-state index contributed by atoms with van der Waals surface area (Å²) in [5.41, 5.74) is 6.55. The number of rotatable bonds is 2. The molecule has 2 aliphatic rings. The Kier molecular flexibility index (Phi) is 6.26. The van der Waals surface area contributed by atoms with Crippen molar-refractivity contribution in [2.45, 2.75) is 32.2 Å². The van der Waals surface area contributed by atoms with Crippen LogP contribution in [-0.4, -0.2) is 46.5 Å². The van der Waals surface area contributed by atoms with E-state index in [1.165, 1.54) is 11.3 Å². The topological polar surface area (TPSA) is 69.9 Å². The lowest BCUT2D eigenvalue weighted by atomic mass is 9.82. The summed E-state index contributed by atoms with van der Waals surface area (Å²) in [4.78, 5) is 19.1. The number of benzene rings is 2. The molecular weight excluding hydrogens is 432 g/mol. The molecule has 6 nitrogen and oxygen atoms in total. The number of aromatic hydroxyl groups is 1. The normalized spacial score (nSPS) is 15.6. The van der Waals surface area contributed by atoms with Gasteiger partial charge in [0, 0.05) is 36.6 Å². The fraction of sp³-hybridized carbons (Fsp3) is 0.308. The summed E-state index contributed by atoms with van der Waals surface area (Å²) >= 11 is 3.53. The maximum atomic E-state index is 13.1. The maximum Gasteiger partial charge on any atom is 0.253 e. The van der Waals surface area contributed by atoms with Crippen molar-refractivity contribution in [3.63, 3.8) is 0 Å². The molecule has 0 radical (unpaired) electrons. The minimum atomic E-state index is -0.266. The second kappa shape index (κ2) is 8.98. The number of hydrogen-bond acceptors (Lipinski definition) is 5. The van der Waals surface area contributed by atoms with Crippen LogP contribution in [0.15, 0.2) is 53.7 Å². The third kappa shape index (κ3) is 4.02. The second-order valence-electron chi connectivity index (χ2n) is 8.63. The number of aryl methyl sites for hydroxylation is 2. The zero-order valence-corrected chi connectivity index (χ0v) is 20.2. The number of phenolic OH excluding ortho intramolecular Hbond substituents is 1. The number of carbonyl (C=O) groups excluding carboxylic acids is 1. The van der Waals surface area contributed by atoms with Crippen LogP contribution < -0.4 is 5.32 Å². The van der Waals surface area contributed by atoms with E-state index in [2.05, 4.69) is 53.4 Å². The summed E-state index contributed by atoms with van der Waals surface area (Å²) in [5, 5.41) is 13.7. The lowest BCUT2D eigenvalue weighted by molar-refractivity contribution is 0.0676. The first-order valence-electron chi connectivity index (χ1n) is 11.0. The van der Waals surface area contributed by atoms with Crippen LogP contribution in [0, 0.1) is 13.8 Å². The SMILES string of the molecule is C=Nc1ccc(C(=O)N2CCC3(CC2)Nc2cc(O)ccc2-n2cc(C)cc23)cc1C.CS. The van der Waals surface area contributed by atoms with Gasteiger partial charge < -0.3 is 19.9 Å². The molecular formula is C26H30N4O2S. The summed E-state index contributed by atoms with van der Waals surface area (Å²) in [6.45, 7) is 8.94. The van der Waals surface area contributed by atoms with Crippen molar-refractivity contribution in [1.29, 1.82) is 0 Å². The third-order valence-electron chi connectivity index (χ3n) is 6.58. The van der Waals surface area contributed by atoms with E-state index in [0.717, 1.165) is 35.5 Å². The molecule has 3 aromatic rings. The molecule has 5 rings (SSSR count). The highest BCUT2D eigenvalue weighted by molar-refractivity contribution is 7.79. The molecule has 33 heavy (non-hydrogen) atoms. The quantitative estimate of drug-likeness (QED) is 0.361. The Labute approximate surface area is 200 Å². The molecule has 0 saturated carbocycles. The van der Waals surface area contributed by atoms with Crippen molar-refractivity contribution in [3.05, 3.63) is 71.0 Å². The van der Waals surface area contributed by atoms with Crippen LogP contribution in [0.5, 0.6) is 5.75 Å². The average molecular weight is 463 g/mol. The Morgan fingerprint density at radius 2 is 1.85 bits per heavy atom. The number of aromatic nitrogens is 1. The standard InChI is InChI=1S/C25H26N4O2.CH4S/c1-16-12-23-25(27-21-14-19(30)5-7-22(21)29(23)15-16)8-10-28(11-9-25)24(31)18-4-6-20(26-3)17(2)13-18;1-2/h4-7,12-15,27,30H,3,8-11H2,1-2H3;2H,1H3. The smallest absolute Gasteiger partial charge is 0.253 e. The maximum absolute atomic E-state index is 13.1. The first-order valence-corrected chi connectivity index (χ1v) is 11.9. The van der Waals surface area contributed by atoms with Crippen LogP contribution in [0.4, 0.5) is 11.4 Å². The van der Waals surface area contributed by atoms with Gasteiger partial charge in [-0.1, -0.05) is 0 Å². The van der Waals surface area contributed by atoms with Gasteiger partial charge >= 0.3 is 0 Å². The van der Waals surface area contributed by atoms with Crippen molar-refractivity contribution in [2.75, 3.05) is 24.7 Å². The van der Waals surface area contributed by atoms with E-state index in [0.29, 0.717) is 18.7 Å². The molecule has 1 saturated heterocycles. The number of anilines is 1. The Bertz CT molecular complexity index is 1210. The van der Waals surface area contributed by atoms with Crippen LogP contribution in [0.2, 0.25) is 0 Å². The predicted octanol–water partition coefficient (Wildman–Crippen LogP) is 5.23. The monoisotopic (exact) mass is 462 g/mol. The largest absolute Gasteiger partial charge is 0.508 e. The molecule has 3 heterocycles. The number of fused-ring (bicyclic) bond motifs is 4. The van der Waals surface area contributed by atoms with Crippen LogP contribution in [0.25, 0.3) is 5.69 Å². The molecule has 7 heteroatoms.